The molecule has 1 aromatic rings. The summed E-state index contributed by atoms with van der Waals surface area (Å²) in [5.74, 6) is -5.75. The number of aromatic carboxylic acids is 1. The van der Waals surface area contributed by atoms with Crippen LogP contribution in [0.1, 0.15) is 20.7 Å². The lowest BCUT2D eigenvalue weighted by molar-refractivity contribution is 0.0690. The number of phenols is 1. The first-order valence-corrected chi connectivity index (χ1v) is 5.02. The van der Waals surface area contributed by atoms with Crippen LogP contribution in [0, 0.1) is 0 Å². The van der Waals surface area contributed by atoms with Gasteiger partial charge in [0.05, 0.1) is 5.56 Å². The summed E-state index contributed by atoms with van der Waals surface area (Å²) in [6.45, 7) is 0. The van der Waals surface area contributed by atoms with Crippen molar-refractivity contribution in [1.29, 1.82) is 0 Å². The quantitative estimate of drug-likeness (QED) is 0.469. The summed E-state index contributed by atoms with van der Waals surface area (Å²) in [5.41, 5.74) is 12.9. The second-order valence-electron chi connectivity index (χ2n) is 3.49. The SMILES string of the molecule is NC(=O)Oc1c(O)cc(C(=O)O)c(C(N)=O)c1OC(N)=O. The highest BCUT2D eigenvalue weighted by Crippen LogP contribution is 2.41. The molecule has 1 aromatic carbocycles. The summed E-state index contributed by atoms with van der Waals surface area (Å²) in [4.78, 5) is 43.9. The van der Waals surface area contributed by atoms with E-state index >= 15 is 0 Å². The number of hydrogen-bond donors (Lipinski definition) is 5. The molecule has 0 aliphatic rings. The van der Waals surface area contributed by atoms with Gasteiger partial charge in [-0.2, -0.15) is 0 Å². The second-order valence-corrected chi connectivity index (χ2v) is 3.49. The Morgan fingerprint density at radius 2 is 1.43 bits per heavy atom. The summed E-state index contributed by atoms with van der Waals surface area (Å²) in [7, 11) is 0. The molecule has 0 aliphatic heterocycles. The number of phenolic OH excluding ortho intramolecular Hbond substituents is 1. The maximum Gasteiger partial charge on any atom is 0.410 e. The third-order valence-corrected chi connectivity index (χ3v) is 2.10. The van der Waals surface area contributed by atoms with Crippen molar-refractivity contribution >= 4 is 24.1 Å². The van der Waals surface area contributed by atoms with Crippen molar-refractivity contribution in [3.63, 3.8) is 0 Å². The van der Waals surface area contributed by atoms with Gasteiger partial charge in [-0.05, 0) is 6.07 Å². The average molecular weight is 299 g/mol. The summed E-state index contributed by atoms with van der Waals surface area (Å²) < 4.78 is 8.75. The van der Waals surface area contributed by atoms with Crippen LogP contribution in [0.25, 0.3) is 0 Å². The van der Waals surface area contributed by atoms with Crippen molar-refractivity contribution in [3.8, 4) is 17.2 Å². The fourth-order valence-corrected chi connectivity index (χ4v) is 1.44. The van der Waals surface area contributed by atoms with E-state index in [1.54, 1.807) is 0 Å². The zero-order chi connectivity index (χ0) is 16.3. The minimum absolute atomic E-state index is 0.564. The molecule has 0 radical (unpaired) electrons. The fraction of sp³-hybridized carbons (Fsp3) is 0. The molecule has 11 nitrogen and oxygen atoms in total. The third-order valence-electron chi connectivity index (χ3n) is 2.10. The van der Waals surface area contributed by atoms with Gasteiger partial charge in [0.1, 0.15) is 5.56 Å². The molecule has 0 aliphatic carbocycles. The van der Waals surface area contributed by atoms with Gasteiger partial charge < -0.3 is 36.9 Å². The van der Waals surface area contributed by atoms with Crippen molar-refractivity contribution in [2.75, 3.05) is 0 Å². The maximum atomic E-state index is 11.4. The molecule has 0 aromatic heterocycles. The van der Waals surface area contributed by atoms with Gasteiger partial charge in [-0.1, -0.05) is 0 Å². The number of hydrogen-bond acceptors (Lipinski definition) is 7. The third kappa shape index (κ3) is 3.28. The van der Waals surface area contributed by atoms with Crippen LogP contribution in [0.4, 0.5) is 9.59 Å². The molecule has 0 fully saturated rings. The molecule has 0 saturated carbocycles. The molecule has 1 rings (SSSR count). The molecule has 0 spiro atoms. The van der Waals surface area contributed by atoms with Crippen molar-refractivity contribution < 1.29 is 38.9 Å². The smallest absolute Gasteiger partial charge is 0.410 e. The average Bonchev–Trinajstić information content (AvgIpc) is 2.31. The second kappa shape index (κ2) is 5.64. The van der Waals surface area contributed by atoms with E-state index in [4.69, 9.17) is 22.3 Å². The van der Waals surface area contributed by atoms with E-state index in [0.717, 1.165) is 0 Å². The number of carbonyl (C=O) groups excluding carboxylic acids is 3. The molecule has 0 bridgehead atoms. The van der Waals surface area contributed by atoms with E-state index in [1.807, 2.05) is 0 Å². The van der Waals surface area contributed by atoms with Crippen molar-refractivity contribution in [1.82, 2.24) is 0 Å². The highest BCUT2D eigenvalue weighted by atomic mass is 16.6. The minimum Gasteiger partial charge on any atom is -0.504 e. The first-order valence-electron chi connectivity index (χ1n) is 5.02. The van der Waals surface area contributed by atoms with Crippen LogP contribution in [0.2, 0.25) is 0 Å². The molecule has 0 saturated heterocycles. The zero-order valence-electron chi connectivity index (χ0n) is 10.2. The van der Waals surface area contributed by atoms with Crippen LogP contribution in [0.3, 0.4) is 0 Å². The number of amides is 3. The molecule has 21 heavy (non-hydrogen) atoms. The molecule has 0 unspecified atom stereocenters. The van der Waals surface area contributed by atoms with Crippen molar-refractivity contribution in [3.05, 3.63) is 17.2 Å². The van der Waals surface area contributed by atoms with Gasteiger partial charge >= 0.3 is 18.2 Å². The topological polar surface area (TPSA) is 205 Å². The van der Waals surface area contributed by atoms with E-state index in [0.29, 0.717) is 6.07 Å². The number of benzene rings is 1. The van der Waals surface area contributed by atoms with Crippen molar-refractivity contribution in [2.24, 2.45) is 17.2 Å². The number of nitrogens with two attached hydrogens (primary N) is 3. The van der Waals surface area contributed by atoms with Gasteiger partial charge in [-0.15, -0.1) is 0 Å². The van der Waals surface area contributed by atoms with Crippen LogP contribution < -0.4 is 26.7 Å². The first-order chi connectivity index (χ1) is 9.65. The summed E-state index contributed by atoms with van der Waals surface area (Å²) in [6, 6.07) is 0.564. The summed E-state index contributed by atoms with van der Waals surface area (Å²) in [5, 5.41) is 18.6. The minimum atomic E-state index is -1.67. The maximum absolute atomic E-state index is 11.4. The Balaban J connectivity index is 3.76. The Kier molecular flexibility index (Phi) is 4.18. The van der Waals surface area contributed by atoms with E-state index in [2.05, 4.69) is 9.47 Å². The fourth-order valence-electron chi connectivity index (χ4n) is 1.44. The van der Waals surface area contributed by atoms with Gasteiger partial charge in [0.15, 0.2) is 11.5 Å². The van der Waals surface area contributed by atoms with Crippen LogP contribution in [-0.4, -0.2) is 34.3 Å². The molecular formula is C10H9N3O8. The monoisotopic (exact) mass is 299 g/mol. The van der Waals surface area contributed by atoms with E-state index in [1.165, 1.54) is 0 Å². The molecular weight excluding hydrogens is 290 g/mol. The predicted molar refractivity (Wildman–Crippen MR) is 64.0 cm³/mol. The molecule has 8 N–H and O–H groups in total. The van der Waals surface area contributed by atoms with Gasteiger partial charge in [0.2, 0.25) is 5.75 Å². The van der Waals surface area contributed by atoms with Crippen LogP contribution in [0.15, 0.2) is 6.07 Å². The highest BCUT2D eigenvalue weighted by Gasteiger charge is 2.29. The van der Waals surface area contributed by atoms with E-state index in [-0.39, 0.29) is 0 Å². The van der Waals surface area contributed by atoms with Crippen LogP contribution in [-0.2, 0) is 0 Å². The Labute approximate surface area is 115 Å². The number of carboxylic acids is 1. The normalized spacial score (nSPS) is 9.71. The highest BCUT2D eigenvalue weighted by molar-refractivity contribution is 6.08. The van der Waals surface area contributed by atoms with Gasteiger partial charge in [0.25, 0.3) is 5.91 Å². The molecule has 0 atom stereocenters. The molecule has 11 heteroatoms. The lowest BCUT2D eigenvalue weighted by atomic mass is 10.0. The summed E-state index contributed by atoms with van der Waals surface area (Å²) >= 11 is 0. The predicted octanol–water partition coefficient (Wildman–Crippen LogP) is -0.896. The number of rotatable bonds is 4. The van der Waals surface area contributed by atoms with Crippen molar-refractivity contribution in [2.45, 2.75) is 0 Å². The van der Waals surface area contributed by atoms with Crippen LogP contribution in [0.5, 0.6) is 17.2 Å². The largest absolute Gasteiger partial charge is 0.504 e. The Hall–Kier alpha value is -3.50. The van der Waals surface area contributed by atoms with Gasteiger partial charge in [0, 0.05) is 0 Å². The number of ether oxygens (including phenoxy) is 2. The van der Waals surface area contributed by atoms with Crippen LogP contribution >= 0.6 is 0 Å². The molecule has 112 valence electrons. The Bertz CT molecular complexity index is 654. The number of primary amides is 3. The Morgan fingerprint density at radius 1 is 0.952 bits per heavy atom. The van der Waals surface area contributed by atoms with E-state index in [9.17, 15) is 24.3 Å². The number of carboxylic acid groups (broad SMARTS) is 1. The standard InChI is InChI=1S/C10H9N3O8/c11-7(15)4-2(8(16)17)1-3(14)5(20-9(12)18)6(4)21-10(13)19/h1,14H,(H2,11,15)(H2,12,18)(H2,13,19)(H,16,17). The molecule has 3 amide bonds. The molecule has 0 heterocycles. The number of aromatic hydroxyl groups is 1. The lowest BCUT2D eigenvalue weighted by Gasteiger charge is -2.14. The number of carbonyl (C=O) groups is 4. The van der Waals surface area contributed by atoms with Gasteiger partial charge in [-0.3, -0.25) is 4.79 Å². The first kappa shape index (κ1) is 15.6. The van der Waals surface area contributed by atoms with E-state index < -0.39 is 52.4 Å². The Morgan fingerprint density at radius 3 is 1.81 bits per heavy atom. The van der Waals surface area contributed by atoms with Gasteiger partial charge in [-0.25, -0.2) is 14.4 Å². The zero-order valence-corrected chi connectivity index (χ0v) is 10.2. The summed E-state index contributed by atoms with van der Waals surface area (Å²) in [6.07, 6.45) is -2.91. The lowest BCUT2D eigenvalue weighted by Crippen LogP contribution is -2.24.